The molecule has 1 saturated heterocycles. The van der Waals surface area contributed by atoms with E-state index < -0.39 is 4.92 Å². The minimum atomic E-state index is -0.457. The fourth-order valence-electron chi connectivity index (χ4n) is 4.20. The number of non-ortho nitro benzene ring substituents is 1. The van der Waals surface area contributed by atoms with Crippen molar-refractivity contribution in [2.75, 3.05) is 19.6 Å². The number of hydrogen-bond acceptors (Lipinski definition) is 4. The highest BCUT2D eigenvalue weighted by Gasteiger charge is 2.30. The summed E-state index contributed by atoms with van der Waals surface area (Å²) < 4.78 is 0. The van der Waals surface area contributed by atoms with Crippen molar-refractivity contribution in [1.29, 1.82) is 0 Å². The molecule has 0 aromatic heterocycles. The molecule has 2 aliphatic rings. The van der Waals surface area contributed by atoms with Crippen LogP contribution in [0.4, 0.5) is 5.69 Å². The van der Waals surface area contributed by atoms with Crippen LogP contribution in [0.5, 0.6) is 0 Å². The van der Waals surface area contributed by atoms with Crippen molar-refractivity contribution in [3.8, 4) is 0 Å². The SMILES string of the molecule is O=C(c1cccc([N+](=O)[O-])c1)N1CCC[C@H](N2CCc3ccccc3C2)C1. The van der Waals surface area contributed by atoms with E-state index in [1.54, 1.807) is 12.1 Å². The maximum atomic E-state index is 12.9. The Morgan fingerprint density at radius 1 is 1.07 bits per heavy atom. The Balaban J connectivity index is 1.46. The van der Waals surface area contributed by atoms with Crippen LogP contribution in [0, 0.1) is 10.1 Å². The van der Waals surface area contributed by atoms with Crippen LogP contribution in [0.25, 0.3) is 0 Å². The average Bonchev–Trinajstić information content (AvgIpc) is 2.73. The van der Waals surface area contributed by atoms with Crippen molar-refractivity contribution in [3.05, 3.63) is 75.3 Å². The highest BCUT2D eigenvalue weighted by atomic mass is 16.6. The van der Waals surface area contributed by atoms with E-state index in [0.717, 1.165) is 32.4 Å². The minimum absolute atomic E-state index is 0.0398. The molecule has 6 nitrogen and oxygen atoms in total. The van der Waals surface area contributed by atoms with Gasteiger partial charge >= 0.3 is 0 Å². The Morgan fingerprint density at radius 3 is 2.70 bits per heavy atom. The first-order valence-electron chi connectivity index (χ1n) is 9.46. The zero-order valence-corrected chi connectivity index (χ0v) is 15.2. The number of fused-ring (bicyclic) bond motifs is 1. The van der Waals surface area contributed by atoms with Crippen molar-refractivity contribution in [1.82, 2.24) is 9.80 Å². The van der Waals surface area contributed by atoms with Gasteiger partial charge in [0.1, 0.15) is 0 Å². The van der Waals surface area contributed by atoms with E-state index in [1.807, 2.05) is 4.90 Å². The second kappa shape index (κ2) is 7.48. The van der Waals surface area contributed by atoms with Gasteiger partial charge in [0.25, 0.3) is 11.6 Å². The van der Waals surface area contributed by atoms with Crippen LogP contribution in [-0.4, -0.2) is 46.3 Å². The summed E-state index contributed by atoms with van der Waals surface area (Å²) in [6, 6.07) is 14.9. The van der Waals surface area contributed by atoms with Gasteiger partial charge in [-0.25, -0.2) is 0 Å². The maximum absolute atomic E-state index is 12.9. The Hall–Kier alpha value is -2.73. The van der Waals surface area contributed by atoms with Gasteiger partial charge in [-0.1, -0.05) is 30.3 Å². The van der Waals surface area contributed by atoms with E-state index in [-0.39, 0.29) is 11.6 Å². The number of hydrogen-bond donors (Lipinski definition) is 0. The lowest BCUT2D eigenvalue weighted by atomic mass is 9.95. The molecule has 0 spiro atoms. The molecule has 4 rings (SSSR count). The molecule has 2 aliphatic heterocycles. The van der Waals surface area contributed by atoms with Crippen LogP contribution in [0.1, 0.15) is 34.3 Å². The summed E-state index contributed by atoms with van der Waals surface area (Å²) in [4.78, 5) is 27.8. The molecular formula is C21H23N3O3. The first kappa shape index (κ1) is 17.7. The summed E-state index contributed by atoms with van der Waals surface area (Å²) in [7, 11) is 0. The van der Waals surface area contributed by atoms with Crippen LogP contribution in [-0.2, 0) is 13.0 Å². The number of nitrogens with zero attached hydrogens (tertiary/aromatic N) is 3. The summed E-state index contributed by atoms with van der Waals surface area (Å²) in [6.45, 7) is 3.34. The van der Waals surface area contributed by atoms with Gasteiger partial charge in [-0.15, -0.1) is 0 Å². The van der Waals surface area contributed by atoms with Crippen molar-refractivity contribution in [2.45, 2.75) is 31.8 Å². The fourth-order valence-corrected chi connectivity index (χ4v) is 4.20. The molecule has 27 heavy (non-hydrogen) atoms. The monoisotopic (exact) mass is 365 g/mol. The van der Waals surface area contributed by atoms with Gasteiger partial charge in [0, 0.05) is 49.9 Å². The van der Waals surface area contributed by atoms with Gasteiger partial charge in [0.05, 0.1) is 4.92 Å². The second-order valence-electron chi connectivity index (χ2n) is 7.34. The lowest BCUT2D eigenvalue weighted by Crippen LogP contribution is -2.51. The molecule has 2 heterocycles. The normalized spacial score (nSPS) is 20.1. The number of amides is 1. The molecule has 0 saturated carbocycles. The van der Waals surface area contributed by atoms with Crippen molar-refractivity contribution in [2.24, 2.45) is 0 Å². The molecular weight excluding hydrogens is 342 g/mol. The van der Waals surface area contributed by atoms with Crippen LogP contribution in [0.15, 0.2) is 48.5 Å². The number of nitro groups is 1. The summed E-state index contributed by atoms with van der Waals surface area (Å²) in [5, 5.41) is 11.0. The minimum Gasteiger partial charge on any atom is -0.337 e. The standard InChI is InChI=1S/C21H23N3O3/c25-21(17-7-3-8-19(13-17)24(26)27)23-11-4-9-20(15-23)22-12-10-16-5-1-2-6-18(16)14-22/h1-3,5-8,13,20H,4,9-12,14-15H2/t20-/m0/s1. The lowest BCUT2D eigenvalue weighted by Gasteiger charge is -2.41. The predicted octanol–water partition coefficient (Wildman–Crippen LogP) is 3.26. The summed E-state index contributed by atoms with van der Waals surface area (Å²) in [6.07, 6.45) is 3.09. The average molecular weight is 365 g/mol. The van der Waals surface area contributed by atoms with Gasteiger partial charge in [-0.2, -0.15) is 0 Å². The van der Waals surface area contributed by atoms with Gasteiger partial charge in [0.15, 0.2) is 0 Å². The van der Waals surface area contributed by atoms with Gasteiger partial charge in [-0.05, 0) is 36.5 Å². The third kappa shape index (κ3) is 3.71. The van der Waals surface area contributed by atoms with E-state index >= 15 is 0 Å². The van der Waals surface area contributed by atoms with E-state index in [0.29, 0.717) is 24.7 Å². The summed E-state index contributed by atoms with van der Waals surface area (Å²) >= 11 is 0. The number of rotatable bonds is 3. The zero-order chi connectivity index (χ0) is 18.8. The number of nitro benzene ring substituents is 1. The van der Waals surface area contributed by atoms with E-state index in [1.165, 1.54) is 23.3 Å². The Morgan fingerprint density at radius 2 is 1.89 bits per heavy atom. The van der Waals surface area contributed by atoms with Crippen LogP contribution >= 0.6 is 0 Å². The highest BCUT2D eigenvalue weighted by molar-refractivity contribution is 5.94. The Bertz CT molecular complexity index is 867. The summed E-state index contributed by atoms with van der Waals surface area (Å²) in [5.41, 5.74) is 3.16. The number of carbonyl (C=O) groups is 1. The zero-order valence-electron chi connectivity index (χ0n) is 15.2. The molecule has 1 amide bonds. The van der Waals surface area contributed by atoms with E-state index in [4.69, 9.17) is 0 Å². The molecule has 6 heteroatoms. The summed E-state index contributed by atoms with van der Waals surface area (Å²) in [5.74, 6) is -0.110. The largest absolute Gasteiger partial charge is 0.337 e. The number of piperidine rings is 1. The third-order valence-electron chi connectivity index (χ3n) is 5.66. The molecule has 0 aliphatic carbocycles. The molecule has 0 unspecified atom stereocenters. The Kier molecular flexibility index (Phi) is 4.90. The van der Waals surface area contributed by atoms with Crippen molar-refractivity contribution >= 4 is 11.6 Å². The predicted molar refractivity (Wildman–Crippen MR) is 103 cm³/mol. The van der Waals surface area contributed by atoms with Crippen LogP contribution in [0.2, 0.25) is 0 Å². The van der Waals surface area contributed by atoms with Gasteiger partial charge in [-0.3, -0.25) is 19.8 Å². The first-order valence-corrected chi connectivity index (χ1v) is 9.46. The van der Waals surface area contributed by atoms with Crippen LogP contribution in [0.3, 0.4) is 0 Å². The Labute approximate surface area is 158 Å². The fraction of sp³-hybridized carbons (Fsp3) is 0.381. The van der Waals surface area contributed by atoms with Crippen molar-refractivity contribution < 1.29 is 9.72 Å². The number of benzene rings is 2. The number of carbonyl (C=O) groups excluding carboxylic acids is 1. The molecule has 2 aromatic rings. The second-order valence-corrected chi connectivity index (χ2v) is 7.34. The smallest absolute Gasteiger partial charge is 0.270 e. The van der Waals surface area contributed by atoms with Gasteiger partial charge < -0.3 is 4.90 Å². The molecule has 140 valence electrons. The molecule has 2 aromatic carbocycles. The molecule has 0 bridgehead atoms. The molecule has 0 radical (unpaired) electrons. The first-order chi connectivity index (χ1) is 13.1. The molecule has 1 atom stereocenters. The lowest BCUT2D eigenvalue weighted by molar-refractivity contribution is -0.384. The van der Waals surface area contributed by atoms with E-state index in [2.05, 4.69) is 29.2 Å². The quantitative estimate of drug-likeness (QED) is 0.619. The maximum Gasteiger partial charge on any atom is 0.270 e. The van der Waals surface area contributed by atoms with E-state index in [9.17, 15) is 14.9 Å². The highest BCUT2D eigenvalue weighted by Crippen LogP contribution is 2.25. The van der Waals surface area contributed by atoms with Crippen LogP contribution < -0.4 is 0 Å². The molecule has 1 fully saturated rings. The molecule has 0 N–H and O–H groups in total. The van der Waals surface area contributed by atoms with Gasteiger partial charge in [0.2, 0.25) is 0 Å². The number of likely N-dealkylation sites (tertiary alicyclic amines) is 1. The van der Waals surface area contributed by atoms with Crippen molar-refractivity contribution in [3.63, 3.8) is 0 Å². The third-order valence-corrected chi connectivity index (χ3v) is 5.66. The topological polar surface area (TPSA) is 66.7 Å².